The molecular formula is C135H90N8. The number of benzene rings is 19. The van der Waals surface area contributed by atoms with E-state index in [0.29, 0.717) is 5.92 Å². The zero-order valence-corrected chi connectivity index (χ0v) is 78.1. The maximum atomic E-state index is 5.12. The highest BCUT2D eigenvalue weighted by Gasteiger charge is 2.26. The zero-order chi connectivity index (χ0) is 94.9. The van der Waals surface area contributed by atoms with Gasteiger partial charge in [-0.3, -0.25) is 34.5 Å². The summed E-state index contributed by atoms with van der Waals surface area (Å²) in [6, 6.07) is 165. The van der Waals surface area contributed by atoms with Gasteiger partial charge in [0, 0.05) is 77.9 Å². The molecular weight excluding hydrogens is 1730 g/mol. The van der Waals surface area contributed by atoms with E-state index in [2.05, 4.69) is 467 Å². The highest BCUT2D eigenvalue weighted by atomic mass is 15.1. The summed E-state index contributed by atoms with van der Waals surface area (Å²) < 4.78 is 2.26. The lowest BCUT2D eigenvalue weighted by Crippen LogP contribution is -2.01. The molecule has 0 bridgehead atoms. The van der Waals surface area contributed by atoms with Gasteiger partial charge in [-0.25, -0.2) is 4.98 Å². The van der Waals surface area contributed by atoms with Crippen LogP contribution in [0.1, 0.15) is 23.5 Å². The first-order chi connectivity index (χ1) is 70.9. The summed E-state index contributed by atoms with van der Waals surface area (Å²) in [5, 5.41) is 19.7. The van der Waals surface area contributed by atoms with Gasteiger partial charge in [0.2, 0.25) is 0 Å². The predicted molar refractivity (Wildman–Crippen MR) is 597 cm³/mol. The van der Waals surface area contributed by atoms with Crippen LogP contribution in [0.3, 0.4) is 0 Å². The Morgan fingerprint density at radius 3 is 1.08 bits per heavy atom. The van der Waals surface area contributed by atoms with E-state index in [1.807, 2.05) is 73.6 Å². The van der Waals surface area contributed by atoms with Gasteiger partial charge < -0.3 is 0 Å². The Kier molecular flexibility index (Phi) is 22.7. The largest absolute Gasteiger partial charge is 0.292 e. The van der Waals surface area contributed by atoms with Crippen molar-refractivity contribution in [2.24, 2.45) is 0 Å². The summed E-state index contributed by atoms with van der Waals surface area (Å²) in [5.41, 5.74) is 32.9. The third-order valence-electron chi connectivity index (χ3n) is 28.0. The molecule has 0 fully saturated rings. The molecule has 0 aliphatic heterocycles. The molecule has 1 unspecified atom stereocenters. The highest BCUT2D eigenvalue weighted by molar-refractivity contribution is 6.25. The molecule has 0 amide bonds. The van der Waals surface area contributed by atoms with Crippen molar-refractivity contribution in [3.63, 3.8) is 0 Å². The van der Waals surface area contributed by atoms with E-state index in [9.17, 15) is 0 Å². The Labute approximate surface area is 828 Å². The fourth-order valence-electron chi connectivity index (χ4n) is 21.3. The van der Waals surface area contributed by atoms with E-state index in [1.54, 1.807) is 12.4 Å². The quantitative estimate of drug-likeness (QED) is 0.0944. The Bertz CT molecular complexity index is 9360. The number of para-hydroxylation sites is 3. The van der Waals surface area contributed by atoms with Crippen LogP contribution in [0.15, 0.2) is 529 Å². The molecule has 7 heterocycles. The van der Waals surface area contributed by atoms with Crippen LogP contribution < -0.4 is 0 Å². The van der Waals surface area contributed by atoms with Gasteiger partial charge in [-0.2, -0.15) is 0 Å². The number of hydrogen-bond donors (Lipinski definition) is 0. The average molecular weight is 1820 g/mol. The number of nitrogens with zero attached hydrogens (tertiary/aromatic N) is 8. The first kappa shape index (κ1) is 85.7. The van der Waals surface area contributed by atoms with Crippen LogP contribution in [0, 0.1) is 0 Å². The molecule has 143 heavy (non-hydrogen) atoms. The van der Waals surface area contributed by atoms with Crippen molar-refractivity contribution in [3.8, 4) is 140 Å². The minimum atomic E-state index is 0.312. The smallest absolute Gasteiger partial charge is 0.145 e. The molecule has 8 heteroatoms. The Hall–Kier alpha value is -18.9. The molecule has 1 atom stereocenters. The fourth-order valence-corrected chi connectivity index (χ4v) is 21.3. The molecule has 7 aromatic heterocycles. The molecule has 1 aliphatic carbocycles. The van der Waals surface area contributed by atoms with Crippen molar-refractivity contribution in [1.29, 1.82) is 0 Å². The van der Waals surface area contributed by atoms with Gasteiger partial charge >= 0.3 is 0 Å². The zero-order valence-electron chi connectivity index (χ0n) is 78.1. The van der Waals surface area contributed by atoms with Crippen LogP contribution in [0.5, 0.6) is 0 Å². The second-order valence-electron chi connectivity index (χ2n) is 36.5. The number of hydrogen-bond acceptors (Lipinski definition) is 7. The maximum absolute atomic E-state index is 5.12. The third-order valence-corrected chi connectivity index (χ3v) is 28.0. The summed E-state index contributed by atoms with van der Waals surface area (Å²) in [6.07, 6.45) is 23.1. The number of fused-ring (bicyclic) bond motifs is 9. The molecule has 1 aliphatic rings. The lowest BCUT2D eigenvalue weighted by Gasteiger charge is -2.22. The highest BCUT2D eigenvalue weighted by Crippen LogP contribution is 2.51. The van der Waals surface area contributed by atoms with Gasteiger partial charge in [0.1, 0.15) is 5.82 Å². The summed E-state index contributed by atoms with van der Waals surface area (Å²) in [5.74, 6) is 1.25. The molecule has 0 saturated heterocycles. The third kappa shape index (κ3) is 16.6. The fraction of sp³-hybridized carbons (Fsp3) is 0.0148. The van der Waals surface area contributed by atoms with E-state index < -0.39 is 0 Å². The van der Waals surface area contributed by atoms with Crippen molar-refractivity contribution in [2.75, 3.05) is 0 Å². The van der Waals surface area contributed by atoms with Crippen molar-refractivity contribution >= 4 is 103 Å². The minimum Gasteiger partial charge on any atom is -0.292 e. The first-order valence-corrected chi connectivity index (χ1v) is 48.7. The van der Waals surface area contributed by atoms with Crippen LogP contribution in [0.4, 0.5) is 0 Å². The summed E-state index contributed by atoms with van der Waals surface area (Å²) in [7, 11) is 0. The number of rotatable bonds is 15. The number of allylic oxidation sites excluding steroid dienone is 4. The van der Waals surface area contributed by atoms with Gasteiger partial charge in [0.15, 0.2) is 0 Å². The average Bonchev–Trinajstić information content (AvgIpc) is 0.885. The van der Waals surface area contributed by atoms with Gasteiger partial charge in [0.05, 0.1) is 33.8 Å². The molecule has 27 rings (SSSR count). The molecule has 26 aromatic rings. The lowest BCUT2D eigenvalue weighted by atomic mass is 9.81. The van der Waals surface area contributed by atoms with Crippen molar-refractivity contribution < 1.29 is 0 Å². The van der Waals surface area contributed by atoms with E-state index in [-0.39, 0.29) is 0 Å². The standard InChI is InChI=1S/C53H34N2.C42H30N2.C40H26N4/c1-2-16-44(17-3-1)55-50-21-11-10-20-49(50)54-53(55)38-26-22-37(23-27-38)41-30-31-47-48(34-41)52(43-29-25-36-13-5-7-15-40(36)33-43)46-19-9-8-18-45(46)51(47)42-28-24-35-12-4-6-14-39(35)32-42;1-2-8-29(9-3-1)34-16-17-39-40(28-34)42(36-13-7-11-33(27-36)31-20-24-44-25-21-31)38-15-5-4-14-37(38)41(39)35-12-6-10-32(26-35)30-18-22-43-23-19-30;1-2-10-27(11-3-1)28-16-19-33-34(24-28)40(30-18-21-38(44-26-30)36-15-7-9-23-42-36)32-13-5-4-12-31(32)39(33)29-17-20-37(43-25-29)35-14-6-8-22-41-35/h1-34H;1-9,11-28,32H,10H2;1-26H. The van der Waals surface area contributed by atoms with Gasteiger partial charge in [0.25, 0.3) is 0 Å². The maximum Gasteiger partial charge on any atom is 0.145 e. The van der Waals surface area contributed by atoms with Gasteiger partial charge in [-0.1, -0.05) is 358 Å². The monoisotopic (exact) mass is 1820 g/mol. The minimum absolute atomic E-state index is 0.312. The van der Waals surface area contributed by atoms with Gasteiger partial charge in [-0.15, -0.1) is 0 Å². The van der Waals surface area contributed by atoms with E-state index in [1.165, 1.54) is 170 Å². The summed E-state index contributed by atoms with van der Waals surface area (Å²) >= 11 is 0. The molecule has 670 valence electrons. The number of pyridine rings is 6. The Morgan fingerprint density at radius 2 is 0.573 bits per heavy atom. The molecule has 0 radical (unpaired) electrons. The van der Waals surface area contributed by atoms with Crippen LogP contribution in [0.25, 0.3) is 243 Å². The Balaban J connectivity index is 0.000000114. The molecule has 0 spiro atoms. The SMILES string of the molecule is C1=CC(c2c3ccccc3c(-c3cccc(-c4ccncc4)c3)c3cc(-c4ccccc4)ccc23)=CC(c2ccncc2)C1.c1ccc(-c2ccc3c(-c4ccc(-c5ccccn5)nc4)c4ccccc4c(-c4ccc(-c5ccccn5)nc4)c3c2)cc1.c1ccc(-n2c(-c3ccc(-c4ccc5c(-c6ccc7ccccc7c6)c6ccccc6c(-c6ccc7ccccc7c6)c5c4)cc3)nc3ccccc32)cc1. The van der Waals surface area contributed by atoms with E-state index in [4.69, 9.17) is 15.0 Å². The second-order valence-corrected chi connectivity index (χ2v) is 36.5. The molecule has 0 N–H and O–H groups in total. The van der Waals surface area contributed by atoms with Crippen LogP contribution in [-0.2, 0) is 0 Å². The molecule has 0 saturated carbocycles. The summed E-state index contributed by atoms with van der Waals surface area (Å²) in [4.78, 5) is 32.3. The predicted octanol–water partition coefficient (Wildman–Crippen LogP) is 35.1. The van der Waals surface area contributed by atoms with Crippen LogP contribution in [-0.4, -0.2) is 39.5 Å². The lowest BCUT2D eigenvalue weighted by molar-refractivity contribution is 0.854. The van der Waals surface area contributed by atoms with Crippen LogP contribution in [0.2, 0.25) is 0 Å². The van der Waals surface area contributed by atoms with Gasteiger partial charge in [-0.05, 0) is 320 Å². The van der Waals surface area contributed by atoms with E-state index >= 15 is 0 Å². The van der Waals surface area contributed by atoms with Crippen molar-refractivity contribution in [2.45, 2.75) is 12.3 Å². The molecule has 19 aromatic carbocycles. The number of imidazole rings is 1. The normalized spacial score (nSPS) is 12.4. The van der Waals surface area contributed by atoms with E-state index in [0.717, 1.165) is 90.7 Å². The van der Waals surface area contributed by atoms with Crippen LogP contribution >= 0.6 is 0 Å². The first-order valence-electron chi connectivity index (χ1n) is 48.7. The molecule has 8 nitrogen and oxygen atoms in total. The Morgan fingerprint density at radius 1 is 0.217 bits per heavy atom. The van der Waals surface area contributed by atoms with Crippen molar-refractivity contribution in [3.05, 3.63) is 540 Å². The van der Waals surface area contributed by atoms with Crippen molar-refractivity contribution in [1.82, 2.24) is 39.5 Å². The summed E-state index contributed by atoms with van der Waals surface area (Å²) in [6.45, 7) is 0. The topological polar surface area (TPSA) is 95.2 Å². The second kappa shape index (κ2) is 37.9. The number of aromatic nitrogens is 8.